The summed E-state index contributed by atoms with van der Waals surface area (Å²) in [5.41, 5.74) is 7.26. The van der Waals surface area contributed by atoms with E-state index in [9.17, 15) is 9.59 Å². The highest BCUT2D eigenvalue weighted by molar-refractivity contribution is 6.05. The number of nitrogens with zero attached hydrogens (tertiary/aromatic N) is 3. The number of carbonyl (C=O) groups excluding carboxylic acids is 2. The van der Waals surface area contributed by atoms with Gasteiger partial charge in [-0.25, -0.2) is 9.67 Å². The van der Waals surface area contributed by atoms with Crippen molar-refractivity contribution in [3.05, 3.63) is 71.7 Å². The lowest BCUT2D eigenvalue weighted by molar-refractivity contribution is 0.0998. The van der Waals surface area contributed by atoms with Gasteiger partial charge in [-0.15, -0.1) is 0 Å². The number of nitrogens with one attached hydrogen (secondary N) is 1. The van der Waals surface area contributed by atoms with E-state index in [1.54, 1.807) is 42.1 Å². The maximum atomic E-state index is 12.4. The van der Waals surface area contributed by atoms with Gasteiger partial charge >= 0.3 is 0 Å². The second kappa shape index (κ2) is 6.33. The standard InChI is InChI=1S/C17H15N5O2/c1-11-14(10-20-22(11)15-4-2-3-9-19-15)17(24)21-13-7-5-12(6-8-13)16(18)23/h2-10H,1H3,(H2,18,23)(H,21,24). The number of anilines is 1. The molecule has 0 fully saturated rings. The summed E-state index contributed by atoms with van der Waals surface area (Å²) in [6.07, 6.45) is 3.16. The molecule has 0 saturated carbocycles. The minimum absolute atomic E-state index is 0.290. The van der Waals surface area contributed by atoms with Gasteiger partial charge in [-0.1, -0.05) is 6.07 Å². The van der Waals surface area contributed by atoms with E-state index in [0.717, 1.165) is 0 Å². The number of amides is 2. The second-order valence-corrected chi connectivity index (χ2v) is 5.14. The Hall–Kier alpha value is -3.48. The van der Waals surface area contributed by atoms with E-state index in [1.165, 1.54) is 6.20 Å². The van der Waals surface area contributed by atoms with E-state index in [2.05, 4.69) is 15.4 Å². The lowest BCUT2D eigenvalue weighted by Gasteiger charge is -2.06. The number of hydrogen-bond acceptors (Lipinski definition) is 4. The number of pyridine rings is 1. The Kier molecular flexibility index (Phi) is 4.07. The maximum Gasteiger partial charge on any atom is 0.259 e. The van der Waals surface area contributed by atoms with Crippen molar-refractivity contribution in [3.63, 3.8) is 0 Å². The van der Waals surface area contributed by atoms with Gasteiger partial charge in [0.2, 0.25) is 5.91 Å². The van der Waals surface area contributed by atoms with Crippen LogP contribution in [0.25, 0.3) is 5.82 Å². The molecule has 0 saturated heterocycles. The summed E-state index contributed by atoms with van der Waals surface area (Å²) in [7, 11) is 0. The molecule has 0 bridgehead atoms. The molecule has 3 rings (SSSR count). The van der Waals surface area contributed by atoms with Crippen LogP contribution in [0.2, 0.25) is 0 Å². The summed E-state index contributed by atoms with van der Waals surface area (Å²) in [4.78, 5) is 27.7. The predicted molar refractivity (Wildman–Crippen MR) is 89.0 cm³/mol. The van der Waals surface area contributed by atoms with Gasteiger partial charge in [0, 0.05) is 17.4 Å². The molecule has 0 spiro atoms. The van der Waals surface area contributed by atoms with Gasteiger partial charge in [0.15, 0.2) is 5.82 Å². The molecular formula is C17H15N5O2. The van der Waals surface area contributed by atoms with Crippen molar-refractivity contribution in [3.8, 4) is 5.82 Å². The van der Waals surface area contributed by atoms with Gasteiger partial charge in [-0.3, -0.25) is 9.59 Å². The lowest BCUT2D eigenvalue weighted by Crippen LogP contribution is -2.14. The number of benzene rings is 1. The summed E-state index contributed by atoms with van der Waals surface area (Å²) in [6, 6.07) is 11.8. The first-order chi connectivity index (χ1) is 11.6. The van der Waals surface area contributed by atoms with Gasteiger partial charge < -0.3 is 11.1 Å². The summed E-state index contributed by atoms with van der Waals surface area (Å²) in [5.74, 6) is -0.165. The number of nitrogens with two attached hydrogens (primary N) is 1. The van der Waals surface area contributed by atoms with Gasteiger partial charge in [-0.05, 0) is 43.3 Å². The molecule has 7 heteroatoms. The molecule has 0 aliphatic heterocycles. The van der Waals surface area contributed by atoms with Crippen LogP contribution in [-0.2, 0) is 0 Å². The van der Waals surface area contributed by atoms with E-state index in [1.807, 2.05) is 18.2 Å². The number of aromatic nitrogens is 3. The summed E-state index contributed by atoms with van der Waals surface area (Å²) >= 11 is 0. The zero-order valence-corrected chi connectivity index (χ0v) is 12.9. The SMILES string of the molecule is Cc1c(C(=O)Nc2ccc(C(N)=O)cc2)cnn1-c1ccccn1. The third-order valence-electron chi connectivity index (χ3n) is 3.55. The highest BCUT2D eigenvalue weighted by Crippen LogP contribution is 2.15. The Bertz CT molecular complexity index is 885. The number of hydrogen-bond donors (Lipinski definition) is 2. The van der Waals surface area contributed by atoms with Crippen LogP contribution in [0.1, 0.15) is 26.4 Å². The normalized spacial score (nSPS) is 10.4. The van der Waals surface area contributed by atoms with Gasteiger partial charge in [-0.2, -0.15) is 5.10 Å². The van der Waals surface area contributed by atoms with Gasteiger partial charge in [0.25, 0.3) is 5.91 Å². The van der Waals surface area contributed by atoms with Crippen LogP contribution < -0.4 is 11.1 Å². The van der Waals surface area contributed by atoms with Crippen molar-refractivity contribution >= 4 is 17.5 Å². The molecule has 2 amide bonds. The minimum Gasteiger partial charge on any atom is -0.366 e. The molecule has 3 aromatic rings. The van der Waals surface area contributed by atoms with Crippen LogP contribution in [0.3, 0.4) is 0 Å². The Labute approximate surface area is 138 Å². The highest BCUT2D eigenvalue weighted by Gasteiger charge is 2.15. The van der Waals surface area contributed by atoms with E-state index in [0.29, 0.717) is 28.3 Å². The minimum atomic E-state index is -0.514. The molecule has 2 heterocycles. The summed E-state index contributed by atoms with van der Waals surface area (Å²) in [5, 5.41) is 6.98. The molecule has 7 nitrogen and oxygen atoms in total. The first-order valence-electron chi connectivity index (χ1n) is 7.23. The topological polar surface area (TPSA) is 103 Å². The molecule has 0 unspecified atom stereocenters. The lowest BCUT2D eigenvalue weighted by atomic mass is 10.2. The summed E-state index contributed by atoms with van der Waals surface area (Å²) < 4.78 is 1.60. The molecule has 0 radical (unpaired) electrons. The van der Waals surface area contributed by atoms with E-state index >= 15 is 0 Å². The Balaban J connectivity index is 1.81. The second-order valence-electron chi connectivity index (χ2n) is 5.14. The largest absolute Gasteiger partial charge is 0.366 e. The van der Waals surface area contributed by atoms with Crippen LogP contribution in [0.5, 0.6) is 0 Å². The van der Waals surface area contributed by atoms with E-state index in [4.69, 9.17) is 5.73 Å². The van der Waals surface area contributed by atoms with Gasteiger partial charge in [0.1, 0.15) is 0 Å². The zero-order valence-electron chi connectivity index (χ0n) is 12.9. The van der Waals surface area contributed by atoms with Crippen molar-refractivity contribution in [1.82, 2.24) is 14.8 Å². The van der Waals surface area contributed by atoms with Crippen molar-refractivity contribution in [2.75, 3.05) is 5.32 Å². The number of primary amides is 1. The van der Waals surface area contributed by atoms with Crippen molar-refractivity contribution < 1.29 is 9.59 Å². The fourth-order valence-electron chi connectivity index (χ4n) is 2.26. The fraction of sp³-hybridized carbons (Fsp3) is 0.0588. The van der Waals surface area contributed by atoms with Crippen molar-refractivity contribution in [2.24, 2.45) is 5.73 Å². The Morgan fingerprint density at radius 1 is 1.12 bits per heavy atom. The van der Waals surface area contributed by atoms with Crippen LogP contribution in [0.15, 0.2) is 54.9 Å². The summed E-state index contributed by atoms with van der Waals surface area (Å²) in [6.45, 7) is 1.80. The highest BCUT2D eigenvalue weighted by atomic mass is 16.2. The van der Waals surface area contributed by atoms with Crippen molar-refractivity contribution in [2.45, 2.75) is 6.92 Å². The average molecular weight is 321 g/mol. The van der Waals surface area contributed by atoms with E-state index in [-0.39, 0.29) is 5.91 Å². The Morgan fingerprint density at radius 2 is 1.88 bits per heavy atom. The molecule has 120 valence electrons. The van der Waals surface area contributed by atoms with Gasteiger partial charge in [0.05, 0.1) is 17.5 Å². The molecular weight excluding hydrogens is 306 g/mol. The van der Waals surface area contributed by atoms with Crippen LogP contribution in [-0.4, -0.2) is 26.6 Å². The molecule has 0 aliphatic rings. The molecule has 0 aliphatic carbocycles. The average Bonchev–Trinajstić information content (AvgIpc) is 2.98. The third kappa shape index (κ3) is 3.00. The molecule has 1 aromatic carbocycles. The van der Waals surface area contributed by atoms with E-state index < -0.39 is 5.91 Å². The predicted octanol–water partition coefficient (Wildman–Crippen LogP) is 1.93. The van der Waals surface area contributed by atoms with Crippen molar-refractivity contribution in [1.29, 1.82) is 0 Å². The monoisotopic (exact) mass is 321 g/mol. The molecule has 24 heavy (non-hydrogen) atoms. The van der Waals surface area contributed by atoms with Crippen LogP contribution in [0.4, 0.5) is 5.69 Å². The fourth-order valence-corrected chi connectivity index (χ4v) is 2.26. The van der Waals surface area contributed by atoms with Crippen LogP contribution in [0, 0.1) is 6.92 Å². The number of carbonyl (C=O) groups is 2. The smallest absolute Gasteiger partial charge is 0.259 e. The quantitative estimate of drug-likeness (QED) is 0.766. The maximum absolute atomic E-state index is 12.4. The zero-order chi connectivity index (χ0) is 17.1. The first kappa shape index (κ1) is 15.4. The molecule has 2 aromatic heterocycles. The first-order valence-corrected chi connectivity index (χ1v) is 7.23. The van der Waals surface area contributed by atoms with Crippen LogP contribution >= 0.6 is 0 Å². The molecule has 3 N–H and O–H groups in total. The third-order valence-corrected chi connectivity index (χ3v) is 3.55. The molecule has 0 atom stereocenters. The Morgan fingerprint density at radius 3 is 2.50 bits per heavy atom. The number of rotatable bonds is 4.